The quantitative estimate of drug-likeness (QED) is 0.468. The fourth-order valence-electron chi connectivity index (χ4n) is 5.94. The van der Waals surface area contributed by atoms with Crippen molar-refractivity contribution in [2.45, 2.75) is 64.2 Å². The number of hydrogen-bond acceptors (Lipinski definition) is 4. The summed E-state index contributed by atoms with van der Waals surface area (Å²) in [6.45, 7) is 0. The van der Waals surface area contributed by atoms with Crippen molar-refractivity contribution in [1.82, 2.24) is 0 Å². The van der Waals surface area contributed by atoms with Gasteiger partial charge in [-0.15, -0.1) is 0 Å². The minimum atomic E-state index is -0.445. The smallest absolute Gasteiger partial charge is 0.125 e. The third-order valence-electron chi connectivity index (χ3n) is 7.44. The van der Waals surface area contributed by atoms with Crippen molar-refractivity contribution in [3.8, 4) is 12.1 Å². The van der Waals surface area contributed by atoms with Gasteiger partial charge in [0.2, 0.25) is 0 Å². The average Bonchev–Trinajstić information content (AvgIpc) is 2.88. The minimum absolute atomic E-state index is 0.445. The summed E-state index contributed by atoms with van der Waals surface area (Å²) in [5.41, 5.74) is 1.89. The molecule has 2 saturated carbocycles. The highest BCUT2D eigenvalue weighted by atomic mass is 14.8. The lowest BCUT2D eigenvalue weighted by Gasteiger charge is -2.53. The van der Waals surface area contributed by atoms with Crippen LogP contribution in [0.3, 0.4) is 0 Å². The van der Waals surface area contributed by atoms with Crippen LogP contribution in [0.15, 0.2) is 70.6 Å². The number of benzene rings is 2. The first-order valence-corrected chi connectivity index (χ1v) is 11.8. The van der Waals surface area contributed by atoms with Gasteiger partial charge in [-0.2, -0.15) is 10.5 Å². The molecule has 4 nitrogen and oxygen atoms in total. The van der Waals surface area contributed by atoms with Gasteiger partial charge < -0.3 is 0 Å². The highest BCUT2D eigenvalue weighted by Gasteiger charge is 2.57. The summed E-state index contributed by atoms with van der Waals surface area (Å²) in [7, 11) is 0. The highest BCUT2D eigenvalue weighted by molar-refractivity contribution is 6.13. The largest absolute Gasteiger partial charge is 0.242 e. The van der Waals surface area contributed by atoms with Crippen molar-refractivity contribution >= 4 is 22.8 Å². The molecule has 0 spiro atoms. The molecule has 162 valence electrons. The lowest BCUT2D eigenvalue weighted by atomic mass is 9.49. The molecule has 0 aliphatic heterocycles. The van der Waals surface area contributed by atoms with Crippen molar-refractivity contribution in [3.05, 3.63) is 60.7 Å². The van der Waals surface area contributed by atoms with Gasteiger partial charge in [-0.3, -0.25) is 0 Å². The Bertz CT molecular complexity index is 955. The van der Waals surface area contributed by atoms with Gasteiger partial charge in [-0.1, -0.05) is 74.9 Å². The van der Waals surface area contributed by atoms with E-state index in [0.29, 0.717) is 11.4 Å². The maximum absolute atomic E-state index is 10.4. The standard InChI is InChI=1S/C28H30N4/c29-21-25(31-23-13-5-1-6-14-23)27(17-9-3-10-18-27)28(19-11-4-12-20-28)26(22-30)32-24-15-7-2-8-16-24/h1-2,5-8,13-16H,3-4,9-12,17-20H2. The van der Waals surface area contributed by atoms with Gasteiger partial charge in [0.15, 0.2) is 0 Å². The summed E-state index contributed by atoms with van der Waals surface area (Å²) < 4.78 is 0. The van der Waals surface area contributed by atoms with Crippen molar-refractivity contribution in [2.75, 3.05) is 0 Å². The van der Waals surface area contributed by atoms with E-state index in [9.17, 15) is 10.5 Å². The predicted molar refractivity (Wildman–Crippen MR) is 129 cm³/mol. The summed E-state index contributed by atoms with van der Waals surface area (Å²) in [6, 6.07) is 24.6. The molecule has 2 aromatic rings. The van der Waals surface area contributed by atoms with Crippen molar-refractivity contribution < 1.29 is 0 Å². The molecule has 2 aliphatic carbocycles. The lowest BCUT2D eigenvalue weighted by molar-refractivity contribution is 0.0880. The average molecular weight is 423 g/mol. The zero-order valence-corrected chi connectivity index (χ0v) is 18.6. The molecule has 2 aliphatic rings. The molecule has 0 saturated heterocycles. The first-order valence-electron chi connectivity index (χ1n) is 11.8. The zero-order chi connectivity index (χ0) is 22.3. The SMILES string of the molecule is N#CC(=Nc1ccccc1)C1(C2(C(C#N)=Nc3ccccc3)CCCCC2)CCCCC1. The number of aliphatic imine (C=N–C) groups is 2. The van der Waals surface area contributed by atoms with Gasteiger partial charge in [-0.05, 0) is 49.9 Å². The molecule has 0 N–H and O–H groups in total. The van der Waals surface area contributed by atoms with Gasteiger partial charge in [0.25, 0.3) is 0 Å². The molecule has 0 radical (unpaired) electrons. The van der Waals surface area contributed by atoms with E-state index >= 15 is 0 Å². The highest BCUT2D eigenvalue weighted by Crippen LogP contribution is 2.59. The maximum Gasteiger partial charge on any atom is 0.125 e. The third kappa shape index (κ3) is 4.11. The number of rotatable bonds is 5. The Hall–Kier alpha value is -3.24. The Morgan fingerprint density at radius 2 is 0.906 bits per heavy atom. The topological polar surface area (TPSA) is 72.3 Å². The molecule has 0 aromatic heterocycles. The van der Waals surface area contributed by atoms with Crippen LogP contribution in [-0.4, -0.2) is 11.4 Å². The molecule has 4 rings (SSSR count). The van der Waals surface area contributed by atoms with E-state index in [1.165, 1.54) is 12.8 Å². The van der Waals surface area contributed by atoms with Crippen molar-refractivity contribution in [2.24, 2.45) is 20.8 Å². The van der Waals surface area contributed by atoms with Gasteiger partial charge in [0.05, 0.1) is 11.4 Å². The summed E-state index contributed by atoms with van der Waals surface area (Å²) in [4.78, 5) is 9.82. The molecule has 2 fully saturated rings. The zero-order valence-electron chi connectivity index (χ0n) is 18.6. The molecular weight excluding hydrogens is 392 g/mol. The molecule has 2 aromatic carbocycles. The molecule has 0 amide bonds. The van der Waals surface area contributed by atoms with Crippen molar-refractivity contribution in [1.29, 1.82) is 10.5 Å². The van der Waals surface area contributed by atoms with Crippen LogP contribution in [0.25, 0.3) is 0 Å². The number of hydrogen-bond donors (Lipinski definition) is 0. The second kappa shape index (κ2) is 9.92. The van der Waals surface area contributed by atoms with Crippen LogP contribution in [0.1, 0.15) is 64.2 Å². The van der Waals surface area contributed by atoms with Crippen LogP contribution in [0.5, 0.6) is 0 Å². The summed E-state index contributed by atoms with van der Waals surface area (Å²) in [5.74, 6) is 0. The molecular formula is C28H30N4. The Kier molecular flexibility index (Phi) is 6.81. The molecule has 0 unspecified atom stereocenters. The van der Waals surface area contributed by atoms with Crippen molar-refractivity contribution in [3.63, 3.8) is 0 Å². The fourth-order valence-corrected chi connectivity index (χ4v) is 5.94. The second-order valence-corrected chi connectivity index (χ2v) is 9.10. The Labute approximate surface area is 191 Å². The molecule has 0 atom stereocenters. The van der Waals surface area contributed by atoms with Crippen LogP contribution in [0.2, 0.25) is 0 Å². The Balaban J connectivity index is 1.92. The molecule has 0 bridgehead atoms. The van der Waals surface area contributed by atoms with E-state index in [-0.39, 0.29) is 0 Å². The van der Waals surface area contributed by atoms with Crippen LogP contribution < -0.4 is 0 Å². The summed E-state index contributed by atoms with van der Waals surface area (Å²) in [5, 5.41) is 20.8. The first kappa shape index (κ1) is 22.0. The first-order chi connectivity index (χ1) is 15.7. The summed E-state index contributed by atoms with van der Waals surface area (Å²) in [6.07, 6.45) is 10.1. The maximum atomic E-state index is 10.4. The van der Waals surface area contributed by atoms with E-state index in [1.54, 1.807) is 0 Å². The van der Waals surface area contributed by atoms with Crippen LogP contribution in [-0.2, 0) is 0 Å². The van der Waals surface area contributed by atoms with Crippen LogP contribution in [0, 0.1) is 33.5 Å². The normalized spacial score (nSPS) is 20.7. The molecule has 32 heavy (non-hydrogen) atoms. The van der Waals surface area contributed by atoms with Crippen LogP contribution in [0.4, 0.5) is 11.4 Å². The van der Waals surface area contributed by atoms with Gasteiger partial charge in [0, 0.05) is 10.8 Å². The van der Waals surface area contributed by atoms with Gasteiger partial charge >= 0.3 is 0 Å². The predicted octanol–water partition coefficient (Wildman–Crippen LogP) is 7.48. The minimum Gasteiger partial charge on any atom is -0.242 e. The van der Waals surface area contributed by atoms with E-state index in [0.717, 1.165) is 62.7 Å². The molecule has 4 heteroatoms. The summed E-state index contributed by atoms with van der Waals surface area (Å²) >= 11 is 0. The Morgan fingerprint density at radius 3 is 1.22 bits per heavy atom. The fraction of sp³-hybridized carbons (Fsp3) is 0.429. The lowest BCUT2D eigenvalue weighted by Crippen LogP contribution is -2.54. The van der Waals surface area contributed by atoms with Gasteiger partial charge in [0.1, 0.15) is 23.6 Å². The second-order valence-electron chi connectivity index (χ2n) is 9.10. The number of nitrogens with zero attached hydrogens (tertiary/aromatic N) is 4. The van der Waals surface area contributed by atoms with Crippen LogP contribution >= 0.6 is 0 Å². The Morgan fingerprint density at radius 1 is 0.562 bits per heavy atom. The third-order valence-corrected chi connectivity index (χ3v) is 7.44. The number of nitriles is 2. The monoisotopic (exact) mass is 422 g/mol. The number of para-hydroxylation sites is 2. The molecule has 0 heterocycles. The van der Waals surface area contributed by atoms with Gasteiger partial charge in [-0.25, -0.2) is 9.98 Å². The van der Waals surface area contributed by atoms with E-state index in [1.807, 2.05) is 60.7 Å². The van der Waals surface area contributed by atoms with E-state index < -0.39 is 10.8 Å². The van der Waals surface area contributed by atoms with E-state index in [2.05, 4.69) is 12.1 Å². The van der Waals surface area contributed by atoms with E-state index in [4.69, 9.17) is 9.98 Å².